The van der Waals surface area contributed by atoms with Gasteiger partial charge in [0, 0.05) is 25.7 Å². The van der Waals surface area contributed by atoms with E-state index in [1.165, 1.54) is 9.80 Å². The molecular formula is C12H14F3N3O4S. The van der Waals surface area contributed by atoms with Crippen molar-refractivity contribution < 1.29 is 32.6 Å². The lowest BCUT2D eigenvalue weighted by Crippen LogP contribution is -2.53. The quantitative estimate of drug-likeness (QED) is 0.820. The lowest BCUT2D eigenvalue weighted by Gasteiger charge is -2.38. The SMILES string of the molecule is COC(=O)c1nc(C(F)(F)F)sc1N1CCN(C(=O)O)C(C)C1. The number of nitrogens with zero attached hydrogens (tertiary/aromatic N) is 3. The maximum absolute atomic E-state index is 12.9. The van der Waals surface area contributed by atoms with E-state index in [1.54, 1.807) is 6.92 Å². The van der Waals surface area contributed by atoms with E-state index in [4.69, 9.17) is 5.11 Å². The number of carboxylic acid groups (broad SMARTS) is 1. The number of hydrogen-bond acceptors (Lipinski definition) is 6. The number of ether oxygens (including phenoxy) is 1. The van der Waals surface area contributed by atoms with Gasteiger partial charge in [-0.05, 0) is 6.92 Å². The highest BCUT2D eigenvalue weighted by Gasteiger charge is 2.39. The molecule has 1 N–H and O–H groups in total. The number of anilines is 1. The lowest BCUT2D eigenvalue weighted by molar-refractivity contribution is -0.137. The molecule has 0 spiro atoms. The van der Waals surface area contributed by atoms with Crippen LogP contribution in [0.3, 0.4) is 0 Å². The molecule has 7 nitrogen and oxygen atoms in total. The van der Waals surface area contributed by atoms with Crippen LogP contribution in [0.4, 0.5) is 23.0 Å². The molecule has 1 atom stereocenters. The first-order chi connectivity index (χ1) is 10.6. The van der Waals surface area contributed by atoms with Crippen LogP contribution in [-0.2, 0) is 10.9 Å². The smallest absolute Gasteiger partial charge is 0.443 e. The van der Waals surface area contributed by atoms with Crippen molar-refractivity contribution >= 4 is 28.4 Å². The van der Waals surface area contributed by atoms with Gasteiger partial charge in [0.2, 0.25) is 5.01 Å². The van der Waals surface area contributed by atoms with Crippen molar-refractivity contribution in [3.05, 3.63) is 10.7 Å². The van der Waals surface area contributed by atoms with E-state index in [2.05, 4.69) is 9.72 Å². The molecule has 23 heavy (non-hydrogen) atoms. The summed E-state index contributed by atoms with van der Waals surface area (Å²) in [6, 6.07) is -0.428. The molecule has 128 valence electrons. The standard InChI is InChI=1S/C12H14F3N3O4S/c1-6-5-17(3-4-18(6)11(20)21)8-7(9(19)22-2)16-10(23-8)12(13,14)15/h6H,3-5H2,1-2H3,(H,20,21). The Hall–Kier alpha value is -2.04. The number of methoxy groups -OCH3 is 1. The molecule has 11 heteroatoms. The van der Waals surface area contributed by atoms with E-state index in [1.807, 2.05) is 0 Å². The molecule has 1 unspecified atom stereocenters. The first kappa shape index (κ1) is 17.3. The number of thiazole rings is 1. The number of hydrogen-bond donors (Lipinski definition) is 1. The Morgan fingerprint density at radius 2 is 2.04 bits per heavy atom. The van der Waals surface area contributed by atoms with Crippen molar-refractivity contribution in [3.63, 3.8) is 0 Å². The van der Waals surface area contributed by atoms with Gasteiger partial charge in [0.25, 0.3) is 0 Å². The fourth-order valence-electron chi connectivity index (χ4n) is 2.30. The van der Waals surface area contributed by atoms with Crippen LogP contribution in [0.15, 0.2) is 0 Å². The van der Waals surface area contributed by atoms with Gasteiger partial charge in [-0.3, -0.25) is 0 Å². The number of piperazine rings is 1. The molecule has 2 heterocycles. The van der Waals surface area contributed by atoms with Crippen molar-refractivity contribution in [1.29, 1.82) is 0 Å². The molecule has 0 saturated carbocycles. The average Bonchev–Trinajstić information content (AvgIpc) is 2.91. The molecule has 0 aliphatic carbocycles. The highest BCUT2D eigenvalue weighted by molar-refractivity contribution is 7.16. The Morgan fingerprint density at radius 3 is 2.52 bits per heavy atom. The number of alkyl halides is 3. The second-order valence-corrected chi connectivity index (χ2v) is 5.91. The number of carbonyl (C=O) groups excluding carboxylic acids is 1. The zero-order valence-corrected chi connectivity index (χ0v) is 13.1. The highest BCUT2D eigenvalue weighted by atomic mass is 32.1. The third-order valence-corrected chi connectivity index (χ3v) is 4.55. The summed E-state index contributed by atoms with van der Waals surface area (Å²) >= 11 is 0.351. The molecule has 1 aromatic rings. The van der Waals surface area contributed by atoms with Crippen LogP contribution in [0.25, 0.3) is 0 Å². The Labute approximate surface area is 133 Å². The first-order valence-electron chi connectivity index (χ1n) is 6.56. The number of amides is 1. The van der Waals surface area contributed by atoms with Crippen LogP contribution < -0.4 is 4.90 Å². The van der Waals surface area contributed by atoms with Gasteiger partial charge in [-0.15, -0.1) is 0 Å². The van der Waals surface area contributed by atoms with Crippen LogP contribution >= 0.6 is 11.3 Å². The molecule has 1 saturated heterocycles. The fourth-order valence-corrected chi connectivity index (χ4v) is 3.26. The molecule has 0 bridgehead atoms. The second-order valence-electron chi connectivity index (χ2n) is 4.93. The second kappa shape index (κ2) is 6.22. The number of esters is 1. The Balaban J connectivity index is 2.33. The molecule has 1 fully saturated rings. The molecule has 1 aromatic heterocycles. The Kier molecular flexibility index (Phi) is 4.68. The fraction of sp³-hybridized carbons (Fsp3) is 0.583. The van der Waals surface area contributed by atoms with Crippen molar-refractivity contribution in [2.45, 2.75) is 19.1 Å². The van der Waals surface area contributed by atoms with Crippen molar-refractivity contribution in [2.75, 3.05) is 31.6 Å². The maximum atomic E-state index is 12.9. The first-order valence-corrected chi connectivity index (χ1v) is 7.37. The monoisotopic (exact) mass is 353 g/mol. The topological polar surface area (TPSA) is 83.0 Å². The minimum absolute atomic E-state index is 0.0427. The number of rotatable bonds is 2. The summed E-state index contributed by atoms with van der Waals surface area (Å²) in [4.78, 5) is 28.8. The molecule has 1 aliphatic rings. The summed E-state index contributed by atoms with van der Waals surface area (Å²) in [7, 11) is 1.06. The van der Waals surface area contributed by atoms with Crippen LogP contribution in [-0.4, -0.2) is 59.8 Å². The summed E-state index contributed by atoms with van der Waals surface area (Å²) < 4.78 is 43.0. The molecule has 1 aliphatic heterocycles. The minimum Gasteiger partial charge on any atom is -0.465 e. The van der Waals surface area contributed by atoms with Gasteiger partial charge in [-0.2, -0.15) is 13.2 Å². The zero-order valence-electron chi connectivity index (χ0n) is 12.3. The van der Waals surface area contributed by atoms with Gasteiger partial charge < -0.3 is 19.6 Å². The molecule has 0 radical (unpaired) electrons. The lowest BCUT2D eigenvalue weighted by atomic mass is 10.2. The van der Waals surface area contributed by atoms with E-state index in [9.17, 15) is 22.8 Å². The summed E-state index contributed by atoms with van der Waals surface area (Å²) in [5.41, 5.74) is -0.402. The highest BCUT2D eigenvalue weighted by Crippen LogP contribution is 2.39. The number of carbonyl (C=O) groups is 2. The van der Waals surface area contributed by atoms with E-state index in [0.717, 1.165) is 7.11 Å². The Morgan fingerprint density at radius 1 is 1.39 bits per heavy atom. The van der Waals surface area contributed by atoms with E-state index >= 15 is 0 Å². The average molecular weight is 353 g/mol. The number of aromatic nitrogens is 1. The molecular weight excluding hydrogens is 339 g/mol. The van der Waals surface area contributed by atoms with E-state index in [0.29, 0.717) is 11.3 Å². The van der Waals surface area contributed by atoms with Gasteiger partial charge in [0.1, 0.15) is 5.00 Å². The zero-order chi connectivity index (χ0) is 17.4. The largest absolute Gasteiger partial charge is 0.465 e. The predicted molar refractivity (Wildman–Crippen MR) is 74.9 cm³/mol. The van der Waals surface area contributed by atoms with Gasteiger partial charge in [0.15, 0.2) is 5.69 Å². The summed E-state index contributed by atoms with van der Waals surface area (Å²) in [5, 5.41) is 7.94. The summed E-state index contributed by atoms with van der Waals surface area (Å²) in [6.07, 6.45) is -5.76. The van der Waals surface area contributed by atoms with Crippen molar-refractivity contribution in [3.8, 4) is 0 Å². The van der Waals surface area contributed by atoms with Gasteiger partial charge in [0.05, 0.1) is 7.11 Å². The van der Waals surface area contributed by atoms with Crippen LogP contribution in [0, 0.1) is 0 Å². The Bertz CT molecular complexity index is 619. The van der Waals surface area contributed by atoms with Crippen molar-refractivity contribution in [1.82, 2.24) is 9.88 Å². The third kappa shape index (κ3) is 3.49. The van der Waals surface area contributed by atoms with Gasteiger partial charge in [-0.25, -0.2) is 14.6 Å². The van der Waals surface area contributed by atoms with Gasteiger partial charge >= 0.3 is 18.2 Å². The maximum Gasteiger partial charge on any atom is 0.443 e. The normalized spacial score (nSPS) is 18.9. The van der Waals surface area contributed by atoms with Crippen molar-refractivity contribution in [2.24, 2.45) is 0 Å². The summed E-state index contributed by atoms with van der Waals surface area (Å²) in [6.45, 7) is 2.09. The minimum atomic E-state index is -4.67. The molecule has 2 rings (SSSR count). The molecule has 0 aromatic carbocycles. The van der Waals surface area contributed by atoms with Crippen LogP contribution in [0.1, 0.15) is 22.4 Å². The van der Waals surface area contributed by atoms with Gasteiger partial charge in [-0.1, -0.05) is 11.3 Å². The van der Waals surface area contributed by atoms with Crippen LogP contribution in [0.5, 0.6) is 0 Å². The van der Waals surface area contributed by atoms with E-state index < -0.39 is 35.0 Å². The van der Waals surface area contributed by atoms with Crippen LogP contribution in [0.2, 0.25) is 0 Å². The molecule has 1 amide bonds. The summed E-state index contributed by atoms with van der Waals surface area (Å²) in [5.74, 6) is -0.958. The number of halogens is 3. The third-order valence-electron chi connectivity index (χ3n) is 3.39. The van der Waals surface area contributed by atoms with E-state index in [-0.39, 0.29) is 24.6 Å². The predicted octanol–water partition coefficient (Wildman–Crippen LogP) is 2.14.